The van der Waals surface area contributed by atoms with Gasteiger partial charge in [-0.2, -0.15) is 0 Å². The molecule has 2 amide bonds. The van der Waals surface area contributed by atoms with Gasteiger partial charge in [0.25, 0.3) is 5.91 Å². The zero-order valence-corrected chi connectivity index (χ0v) is 13.2. The molecule has 1 aliphatic heterocycles. The molecule has 0 spiro atoms. The van der Waals surface area contributed by atoms with Crippen LogP contribution >= 0.6 is 0 Å². The van der Waals surface area contributed by atoms with E-state index in [1.807, 2.05) is 0 Å². The van der Waals surface area contributed by atoms with Crippen molar-refractivity contribution in [3.63, 3.8) is 0 Å². The van der Waals surface area contributed by atoms with Crippen LogP contribution in [0.5, 0.6) is 0 Å². The SMILES string of the molecule is CCOC(=O)N1CCN(C(=O)c2cnc(NC3CC3)nc2)CC1. The molecular weight excluding hydrogens is 298 g/mol. The molecule has 1 N–H and O–H groups in total. The first-order valence-corrected chi connectivity index (χ1v) is 7.97. The molecule has 1 aromatic heterocycles. The highest BCUT2D eigenvalue weighted by atomic mass is 16.6. The van der Waals surface area contributed by atoms with Crippen molar-refractivity contribution in [1.82, 2.24) is 19.8 Å². The average molecular weight is 319 g/mol. The van der Waals surface area contributed by atoms with Gasteiger partial charge in [-0.1, -0.05) is 0 Å². The normalized spacial score (nSPS) is 17.8. The number of amides is 2. The Hall–Kier alpha value is -2.38. The summed E-state index contributed by atoms with van der Waals surface area (Å²) in [4.78, 5) is 35.8. The summed E-state index contributed by atoms with van der Waals surface area (Å²) in [6.07, 6.45) is 5.08. The molecule has 0 unspecified atom stereocenters. The second-order valence-corrected chi connectivity index (χ2v) is 5.69. The highest BCUT2D eigenvalue weighted by Crippen LogP contribution is 2.22. The van der Waals surface area contributed by atoms with Gasteiger partial charge in [-0.3, -0.25) is 4.79 Å². The van der Waals surface area contributed by atoms with E-state index in [0.717, 1.165) is 12.8 Å². The minimum Gasteiger partial charge on any atom is -0.450 e. The molecule has 23 heavy (non-hydrogen) atoms. The number of anilines is 1. The van der Waals surface area contributed by atoms with Crippen LogP contribution in [0.15, 0.2) is 12.4 Å². The molecule has 0 aromatic carbocycles. The lowest BCUT2D eigenvalue weighted by atomic mass is 10.2. The predicted octanol–water partition coefficient (Wildman–Crippen LogP) is 0.965. The van der Waals surface area contributed by atoms with E-state index in [9.17, 15) is 9.59 Å². The lowest BCUT2D eigenvalue weighted by molar-refractivity contribution is 0.0570. The molecule has 1 aliphatic carbocycles. The first kappa shape index (κ1) is 15.5. The molecule has 0 radical (unpaired) electrons. The molecule has 8 heteroatoms. The molecule has 1 aromatic rings. The lowest BCUT2D eigenvalue weighted by Crippen LogP contribution is -2.50. The third-order valence-electron chi connectivity index (χ3n) is 3.90. The molecule has 2 aliphatic rings. The highest BCUT2D eigenvalue weighted by molar-refractivity contribution is 5.93. The van der Waals surface area contributed by atoms with Gasteiger partial charge in [0.1, 0.15) is 0 Å². The number of nitrogens with zero attached hydrogens (tertiary/aromatic N) is 4. The second-order valence-electron chi connectivity index (χ2n) is 5.69. The monoisotopic (exact) mass is 319 g/mol. The number of ether oxygens (including phenoxy) is 1. The van der Waals surface area contributed by atoms with Crippen molar-refractivity contribution < 1.29 is 14.3 Å². The topological polar surface area (TPSA) is 87.7 Å². The Morgan fingerprint density at radius 1 is 1.17 bits per heavy atom. The van der Waals surface area contributed by atoms with E-state index >= 15 is 0 Å². The van der Waals surface area contributed by atoms with Crippen molar-refractivity contribution >= 4 is 17.9 Å². The van der Waals surface area contributed by atoms with E-state index in [4.69, 9.17) is 4.74 Å². The molecule has 3 rings (SSSR count). The molecule has 0 bridgehead atoms. The standard InChI is InChI=1S/C15H21N5O3/c1-2-23-15(22)20-7-5-19(6-8-20)13(21)11-9-16-14(17-10-11)18-12-3-4-12/h9-10,12H,2-8H2,1H3,(H,16,17,18). The van der Waals surface area contributed by atoms with E-state index < -0.39 is 0 Å². The molecule has 1 saturated heterocycles. The quantitative estimate of drug-likeness (QED) is 0.889. The number of hydrogen-bond donors (Lipinski definition) is 1. The van der Waals surface area contributed by atoms with Crippen molar-refractivity contribution in [3.8, 4) is 0 Å². The zero-order chi connectivity index (χ0) is 16.2. The summed E-state index contributed by atoms with van der Waals surface area (Å²) in [5.41, 5.74) is 0.468. The van der Waals surface area contributed by atoms with Crippen LogP contribution in [0.25, 0.3) is 0 Å². The Morgan fingerprint density at radius 3 is 2.35 bits per heavy atom. The van der Waals surface area contributed by atoms with Crippen LogP contribution in [0.1, 0.15) is 30.1 Å². The van der Waals surface area contributed by atoms with Crippen LogP contribution in [-0.4, -0.2) is 70.6 Å². The number of hydrogen-bond acceptors (Lipinski definition) is 6. The van der Waals surface area contributed by atoms with Gasteiger partial charge >= 0.3 is 6.09 Å². The maximum absolute atomic E-state index is 12.4. The summed E-state index contributed by atoms with van der Waals surface area (Å²) in [5, 5.41) is 3.19. The van der Waals surface area contributed by atoms with Gasteiger partial charge in [0.05, 0.1) is 12.2 Å². The van der Waals surface area contributed by atoms with Gasteiger partial charge in [-0.15, -0.1) is 0 Å². The van der Waals surface area contributed by atoms with Gasteiger partial charge in [-0.25, -0.2) is 14.8 Å². The highest BCUT2D eigenvalue weighted by Gasteiger charge is 2.26. The first-order valence-electron chi connectivity index (χ1n) is 7.97. The Balaban J connectivity index is 1.53. The second kappa shape index (κ2) is 6.80. The molecule has 2 fully saturated rings. The summed E-state index contributed by atoms with van der Waals surface area (Å²) >= 11 is 0. The van der Waals surface area contributed by atoms with Gasteiger partial charge in [0.15, 0.2) is 0 Å². The Bertz CT molecular complexity index is 565. The van der Waals surface area contributed by atoms with E-state index in [1.165, 1.54) is 0 Å². The predicted molar refractivity (Wildman–Crippen MR) is 83.2 cm³/mol. The fourth-order valence-corrected chi connectivity index (χ4v) is 2.41. The van der Waals surface area contributed by atoms with Gasteiger partial charge in [0, 0.05) is 44.6 Å². The van der Waals surface area contributed by atoms with E-state index in [-0.39, 0.29) is 12.0 Å². The van der Waals surface area contributed by atoms with Crippen LogP contribution in [0.3, 0.4) is 0 Å². The van der Waals surface area contributed by atoms with Crippen LogP contribution in [0.4, 0.5) is 10.7 Å². The van der Waals surface area contributed by atoms with Crippen molar-refractivity contribution in [3.05, 3.63) is 18.0 Å². The maximum atomic E-state index is 12.4. The Labute approximate surface area is 134 Å². The van der Waals surface area contributed by atoms with Crippen LogP contribution in [-0.2, 0) is 4.74 Å². The first-order chi connectivity index (χ1) is 11.2. The maximum Gasteiger partial charge on any atom is 0.409 e. The summed E-state index contributed by atoms with van der Waals surface area (Å²) < 4.78 is 4.97. The number of aromatic nitrogens is 2. The van der Waals surface area contributed by atoms with E-state index in [1.54, 1.807) is 29.1 Å². The van der Waals surface area contributed by atoms with Crippen LogP contribution < -0.4 is 5.32 Å². The summed E-state index contributed by atoms with van der Waals surface area (Å²) in [5.74, 6) is 0.461. The van der Waals surface area contributed by atoms with Crippen LogP contribution in [0, 0.1) is 0 Å². The van der Waals surface area contributed by atoms with Gasteiger partial charge in [-0.05, 0) is 19.8 Å². The molecule has 124 valence electrons. The smallest absolute Gasteiger partial charge is 0.409 e. The van der Waals surface area contributed by atoms with Crippen LogP contribution in [0.2, 0.25) is 0 Å². The summed E-state index contributed by atoms with van der Waals surface area (Å²) in [7, 11) is 0. The number of carbonyl (C=O) groups excluding carboxylic acids is 2. The summed E-state index contributed by atoms with van der Waals surface area (Å²) in [6, 6.07) is 0.479. The Kier molecular flexibility index (Phi) is 4.59. The van der Waals surface area contributed by atoms with Crippen molar-refractivity contribution in [1.29, 1.82) is 0 Å². The van der Waals surface area contributed by atoms with Crippen molar-refractivity contribution in [2.75, 3.05) is 38.1 Å². The Morgan fingerprint density at radius 2 is 1.78 bits per heavy atom. The number of rotatable bonds is 4. The van der Waals surface area contributed by atoms with Gasteiger partial charge < -0.3 is 19.9 Å². The molecule has 8 nitrogen and oxygen atoms in total. The fraction of sp³-hybridized carbons (Fsp3) is 0.600. The number of piperazine rings is 1. The summed E-state index contributed by atoms with van der Waals surface area (Å²) in [6.45, 7) is 4.06. The molecule has 0 atom stereocenters. The fourth-order valence-electron chi connectivity index (χ4n) is 2.41. The largest absolute Gasteiger partial charge is 0.450 e. The molecular formula is C15H21N5O3. The van der Waals surface area contributed by atoms with Crippen molar-refractivity contribution in [2.24, 2.45) is 0 Å². The molecule has 1 saturated carbocycles. The van der Waals surface area contributed by atoms with E-state index in [0.29, 0.717) is 50.3 Å². The minimum absolute atomic E-state index is 0.105. The third kappa shape index (κ3) is 3.88. The molecule has 2 heterocycles. The minimum atomic E-state index is -0.321. The number of nitrogens with one attached hydrogen (secondary N) is 1. The number of carbonyl (C=O) groups is 2. The van der Waals surface area contributed by atoms with Crippen molar-refractivity contribution in [2.45, 2.75) is 25.8 Å². The van der Waals surface area contributed by atoms with E-state index in [2.05, 4.69) is 15.3 Å². The van der Waals surface area contributed by atoms with Gasteiger partial charge in [0.2, 0.25) is 5.95 Å². The zero-order valence-electron chi connectivity index (χ0n) is 13.2. The lowest BCUT2D eigenvalue weighted by Gasteiger charge is -2.33. The average Bonchev–Trinajstić information content (AvgIpc) is 3.39. The third-order valence-corrected chi connectivity index (χ3v) is 3.90.